The lowest BCUT2D eigenvalue weighted by atomic mass is 10.2. The van der Waals surface area contributed by atoms with Crippen molar-refractivity contribution >= 4 is 21.6 Å². The Morgan fingerprint density at radius 3 is 2.33 bits per heavy atom. The van der Waals surface area contributed by atoms with Crippen LogP contribution in [0.25, 0.3) is 0 Å². The van der Waals surface area contributed by atoms with E-state index in [1.54, 1.807) is 0 Å². The zero-order valence-corrected chi connectivity index (χ0v) is 9.92. The standard InChI is InChI=1S/C9H14O4S2/c1-13-9(12)8(11)4-6-2-3-7(5-10)15-14-6/h2-3,8-12H,4-5H2,1H3. The van der Waals surface area contributed by atoms with E-state index < -0.39 is 12.4 Å². The van der Waals surface area contributed by atoms with Gasteiger partial charge in [-0.15, -0.1) is 0 Å². The van der Waals surface area contributed by atoms with E-state index in [2.05, 4.69) is 4.74 Å². The number of hydrogen-bond acceptors (Lipinski definition) is 6. The molecule has 2 unspecified atom stereocenters. The van der Waals surface area contributed by atoms with Crippen molar-refractivity contribution in [3.63, 3.8) is 0 Å². The molecule has 0 aromatic rings. The average Bonchev–Trinajstić information content (AvgIpc) is 2.29. The predicted octanol–water partition coefficient (Wildman–Crippen LogP) is 0.857. The first-order valence-corrected chi connectivity index (χ1v) is 6.56. The minimum Gasteiger partial charge on any atom is -0.391 e. The Morgan fingerprint density at radius 2 is 1.87 bits per heavy atom. The number of ether oxygens (including phenoxy) is 1. The summed E-state index contributed by atoms with van der Waals surface area (Å²) in [7, 11) is 4.28. The van der Waals surface area contributed by atoms with Crippen molar-refractivity contribution in [3.8, 4) is 0 Å². The van der Waals surface area contributed by atoms with Gasteiger partial charge in [-0.3, -0.25) is 0 Å². The van der Waals surface area contributed by atoms with Crippen molar-refractivity contribution in [2.75, 3.05) is 13.7 Å². The van der Waals surface area contributed by atoms with E-state index in [4.69, 9.17) is 5.11 Å². The molecule has 1 heterocycles. The van der Waals surface area contributed by atoms with Crippen molar-refractivity contribution in [1.82, 2.24) is 0 Å². The van der Waals surface area contributed by atoms with Crippen molar-refractivity contribution in [1.29, 1.82) is 0 Å². The lowest BCUT2D eigenvalue weighted by Gasteiger charge is -2.18. The van der Waals surface area contributed by atoms with Gasteiger partial charge in [0, 0.05) is 18.4 Å². The molecule has 3 N–H and O–H groups in total. The first kappa shape index (κ1) is 13.1. The summed E-state index contributed by atoms with van der Waals surface area (Å²) in [6, 6.07) is 0. The van der Waals surface area contributed by atoms with E-state index in [1.165, 1.54) is 28.7 Å². The van der Waals surface area contributed by atoms with Crippen molar-refractivity contribution in [3.05, 3.63) is 22.0 Å². The Kier molecular flexibility index (Phi) is 5.73. The topological polar surface area (TPSA) is 69.9 Å². The van der Waals surface area contributed by atoms with Gasteiger partial charge in [0.25, 0.3) is 0 Å². The zero-order chi connectivity index (χ0) is 11.3. The van der Waals surface area contributed by atoms with Crippen LogP contribution in [0.15, 0.2) is 22.0 Å². The second-order valence-corrected chi connectivity index (χ2v) is 5.37. The molecule has 0 saturated carbocycles. The Balaban J connectivity index is 2.46. The van der Waals surface area contributed by atoms with E-state index in [-0.39, 0.29) is 6.61 Å². The van der Waals surface area contributed by atoms with Gasteiger partial charge in [0.2, 0.25) is 0 Å². The van der Waals surface area contributed by atoms with Gasteiger partial charge in [-0.25, -0.2) is 0 Å². The molecule has 0 spiro atoms. The maximum absolute atomic E-state index is 9.48. The van der Waals surface area contributed by atoms with Crippen LogP contribution in [0.3, 0.4) is 0 Å². The average molecular weight is 250 g/mol. The van der Waals surface area contributed by atoms with Crippen LogP contribution < -0.4 is 0 Å². The summed E-state index contributed by atoms with van der Waals surface area (Å²) >= 11 is 0. The third kappa shape index (κ3) is 4.18. The number of hydrogen-bond donors (Lipinski definition) is 3. The van der Waals surface area contributed by atoms with Crippen LogP contribution in [0, 0.1) is 0 Å². The van der Waals surface area contributed by atoms with Crippen LogP contribution in [0.1, 0.15) is 6.42 Å². The Morgan fingerprint density at radius 1 is 1.27 bits per heavy atom. The first-order chi connectivity index (χ1) is 7.17. The second-order valence-electron chi connectivity index (χ2n) is 2.99. The van der Waals surface area contributed by atoms with Gasteiger partial charge < -0.3 is 20.1 Å². The fourth-order valence-corrected chi connectivity index (χ4v) is 3.08. The first-order valence-electron chi connectivity index (χ1n) is 4.41. The van der Waals surface area contributed by atoms with Crippen LogP contribution in [-0.2, 0) is 4.74 Å². The van der Waals surface area contributed by atoms with E-state index >= 15 is 0 Å². The molecule has 6 heteroatoms. The molecule has 0 saturated heterocycles. The van der Waals surface area contributed by atoms with Crippen LogP contribution in [0.2, 0.25) is 0 Å². The quantitative estimate of drug-likeness (QED) is 0.496. The van der Waals surface area contributed by atoms with Crippen molar-refractivity contribution in [2.24, 2.45) is 0 Å². The number of aliphatic hydroxyl groups is 3. The molecular weight excluding hydrogens is 236 g/mol. The SMILES string of the molecule is COC(O)C(O)CC1=CC=C(CO)SS1. The molecular formula is C9H14O4S2. The second kappa shape index (κ2) is 6.57. The maximum atomic E-state index is 9.48. The highest BCUT2D eigenvalue weighted by Crippen LogP contribution is 2.41. The van der Waals surface area contributed by atoms with Gasteiger partial charge in [-0.05, 0) is 11.0 Å². The summed E-state index contributed by atoms with van der Waals surface area (Å²) < 4.78 is 4.60. The zero-order valence-electron chi connectivity index (χ0n) is 8.29. The fourth-order valence-electron chi connectivity index (χ4n) is 0.994. The van der Waals surface area contributed by atoms with Crippen LogP contribution >= 0.6 is 21.6 Å². The third-order valence-electron chi connectivity index (χ3n) is 1.85. The van der Waals surface area contributed by atoms with Gasteiger partial charge in [-0.2, -0.15) is 0 Å². The number of methoxy groups -OCH3 is 1. The molecule has 0 aromatic carbocycles. The molecule has 1 aliphatic heterocycles. The molecule has 2 atom stereocenters. The van der Waals surface area contributed by atoms with Gasteiger partial charge in [0.05, 0.1) is 6.61 Å². The van der Waals surface area contributed by atoms with Gasteiger partial charge in [0.15, 0.2) is 6.29 Å². The predicted molar refractivity (Wildman–Crippen MR) is 62.1 cm³/mol. The largest absolute Gasteiger partial charge is 0.391 e. The summed E-state index contributed by atoms with van der Waals surface area (Å²) in [6.07, 6.45) is 1.92. The molecule has 86 valence electrons. The summed E-state index contributed by atoms with van der Waals surface area (Å²) in [5.41, 5.74) is 0. The molecule has 0 bridgehead atoms. The highest BCUT2D eigenvalue weighted by atomic mass is 33.1. The molecule has 4 nitrogen and oxygen atoms in total. The number of allylic oxidation sites excluding steroid dienone is 2. The molecule has 1 aliphatic rings. The molecule has 15 heavy (non-hydrogen) atoms. The number of rotatable bonds is 5. The summed E-state index contributed by atoms with van der Waals surface area (Å²) in [5.74, 6) is 0. The van der Waals surface area contributed by atoms with Crippen molar-refractivity contribution in [2.45, 2.75) is 18.8 Å². The Bertz CT molecular complexity index is 265. The summed E-state index contributed by atoms with van der Waals surface area (Å²) in [4.78, 5) is 1.83. The molecule has 0 aliphatic carbocycles. The minimum atomic E-state index is -1.15. The van der Waals surface area contributed by atoms with Crippen LogP contribution in [0.4, 0.5) is 0 Å². The third-order valence-corrected chi connectivity index (χ3v) is 4.46. The normalized spacial score (nSPS) is 20.5. The lowest BCUT2D eigenvalue weighted by molar-refractivity contribution is -0.142. The summed E-state index contributed by atoms with van der Waals surface area (Å²) in [5, 5.41) is 27.5. The van der Waals surface area contributed by atoms with Gasteiger partial charge in [0.1, 0.15) is 6.10 Å². The van der Waals surface area contributed by atoms with Crippen molar-refractivity contribution < 1.29 is 20.1 Å². The molecule has 0 amide bonds. The lowest BCUT2D eigenvalue weighted by Crippen LogP contribution is -2.27. The number of aliphatic hydroxyl groups excluding tert-OH is 3. The van der Waals surface area contributed by atoms with Crippen LogP contribution in [0.5, 0.6) is 0 Å². The highest BCUT2D eigenvalue weighted by molar-refractivity contribution is 8.79. The summed E-state index contributed by atoms with van der Waals surface area (Å²) in [6.45, 7) is 0.0324. The molecule has 0 aromatic heterocycles. The van der Waals surface area contributed by atoms with E-state index in [0.717, 1.165) is 9.81 Å². The van der Waals surface area contributed by atoms with E-state index in [9.17, 15) is 10.2 Å². The van der Waals surface area contributed by atoms with Gasteiger partial charge in [-0.1, -0.05) is 27.7 Å². The molecule has 1 rings (SSSR count). The van der Waals surface area contributed by atoms with Crippen LogP contribution in [-0.4, -0.2) is 41.4 Å². The maximum Gasteiger partial charge on any atom is 0.180 e. The highest BCUT2D eigenvalue weighted by Gasteiger charge is 2.18. The molecule has 0 fully saturated rings. The van der Waals surface area contributed by atoms with E-state index in [1.807, 2.05) is 12.2 Å². The minimum absolute atomic E-state index is 0.0324. The Labute approximate surface area is 96.4 Å². The Hall–Kier alpha value is 0.0200. The molecule has 0 radical (unpaired) electrons. The smallest absolute Gasteiger partial charge is 0.180 e. The fraction of sp³-hybridized carbons (Fsp3) is 0.556. The van der Waals surface area contributed by atoms with E-state index in [0.29, 0.717) is 6.42 Å². The van der Waals surface area contributed by atoms with Gasteiger partial charge >= 0.3 is 0 Å². The monoisotopic (exact) mass is 250 g/mol.